The van der Waals surface area contributed by atoms with E-state index in [2.05, 4.69) is 19.2 Å². The first-order chi connectivity index (χ1) is 6.88. The molecular weight excluding hydrogens is 170 g/mol. The molecule has 2 aliphatic carbocycles. The zero-order valence-corrected chi connectivity index (χ0v) is 9.76. The molecule has 82 valence electrons. The van der Waals surface area contributed by atoms with Gasteiger partial charge in [-0.25, -0.2) is 0 Å². The molecule has 0 saturated heterocycles. The maximum Gasteiger partial charge on any atom is 0.00981 e. The Labute approximate surface area is 88.7 Å². The average Bonchev–Trinajstić information content (AvgIpc) is 2.94. The average molecular weight is 195 g/mol. The predicted octanol–water partition coefficient (Wildman–Crippen LogP) is 3.20. The predicted molar refractivity (Wildman–Crippen MR) is 61.3 cm³/mol. The second-order valence-corrected chi connectivity index (χ2v) is 5.16. The van der Waals surface area contributed by atoms with Crippen LogP contribution in [0.15, 0.2) is 0 Å². The molecule has 0 amide bonds. The monoisotopic (exact) mass is 195 g/mol. The van der Waals surface area contributed by atoms with Crippen LogP contribution in [0.2, 0.25) is 0 Å². The minimum atomic E-state index is 0.836. The summed E-state index contributed by atoms with van der Waals surface area (Å²) in [5.74, 6) is 3.27. The highest BCUT2D eigenvalue weighted by atomic mass is 14.9. The fourth-order valence-electron chi connectivity index (χ4n) is 3.53. The van der Waals surface area contributed by atoms with Crippen molar-refractivity contribution in [1.82, 2.24) is 5.32 Å². The SMILES string of the molecule is CCCNC(CC)C1C2CCCCC21. The van der Waals surface area contributed by atoms with Crippen LogP contribution >= 0.6 is 0 Å². The van der Waals surface area contributed by atoms with Crippen molar-refractivity contribution in [3.63, 3.8) is 0 Å². The lowest BCUT2D eigenvalue weighted by molar-refractivity contribution is 0.419. The molecule has 0 radical (unpaired) electrons. The second-order valence-electron chi connectivity index (χ2n) is 5.16. The first kappa shape index (κ1) is 10.5. The Hall–Kier alpha value is -0.0400. The summed E-state index contributed by atoms with van der Waals surface area (Å²) < 4.78 is 0. The summed E-state index contributed by atoms with van der Waals surface area (Å²) in [4.78, 5) is 0. The molecule has 0 aliphatic heterocycles. The van der Waals surface area contributed by atoms with Gasteiger partial charge in [-0.2, -0.15) is 0 Å². The third kappa shape index (κ3) is 1.98. The van der Waals surface area contributed by atoms with Crippen molar-refractivity contribution in [3.05, 3.63) is 0 Å². The molecule has 3 unspecified atom stereocenters. The number of rotatable bonds is 5. The Bertz CT molecular complexity index is 166. The van der Waals surface area contributed by atoms with Crippen molar-refractivity contribution < 1.29 is 0 Å². The molecule has 2 fully saturated rings. The smallest absolute Gasteiger partial charge is 0.00981 e. The van der Waals surface area contributed by atoms with Crippen LogP contribution in [0.25, 0.3) is 0 Å². The first-order valence-corrected chi connectivity index (χ1v) is 6.61. The summed E-state index contributed by atoms with van der Waals surface area (Å²) >= 11 is 0. The van der Waals surface area contributed by atoms with Gasteiger partial charge in [-0.05, 0) is 50.0 Å². The van der Waals surface area contributed by atoms with E-state index in [-0.39, 0.29) is 0 Å². The number of hydrogen-bond acceptors (Lipinski definition) is 1. The molecule has 0 aromatic heterocycles. The van der Waals surface area contributed by atoms with E-state index >= 15 is 0 Å². The van der Waals surface area contributed by atoms with Gasteiger partial charge in [0.2, 0.25) is 0 Å². The van der Waals surface area contributed by atoms with Crippen LogP contribution in [0.5, 0.6) is 0 Å². The van der Waals surface area contributed by atoms with Crippen LogP contribution in [0.3, 0.4) is 0 Å². The fourth-order valence-corrected chi connectivity index (χ4v) is 3.53. The van der Waals surface area contributed by atoms with Gasteiger partial charge in [0.05, 0.1) is 0 Å². The van der Waals surface area contributed by atoms with Gasteiger partial charge in [0.15, 0.2) is 0 Å². The zero-order valence-electron chi connectivity index (χ0n) is 9.76. The van der Waals surface area contributed by atoms with Crippen molar-refractivity contribution in [2.75, 3.05) is 6.54 Å². The van der Waals surface area contributed by atoms with Crippen molar-refractivity contribution in [2.45, 2.75) is 58.4 Å². The third-order valence-corrected chi connectivity index (χ3v) is 4.28. The van der Waals surface area contributed by atoms with E-state index < -0.39 is 0 Å². The maximum absolute atomic E-state index is 3.74. The molecule has 1 N–H and O–H groups in total. The van der Waals surface area contributed by atoms with Gasteiger partial charge in [0.1, 0.15) is 0 Å². The van der Waals surface area contributed by atoms with Crippen LogP contribution in [-0.2, 0) is 0 Å². The minimum absolute atomic E-state index is 0.836. The summed E-state index contributed by atoms with van der Waals surface area (Å²) in [6.07, 6.45) is 8.67. The topological polar surface area (TPSA) is 12.0 Å². The second kappa shape index (κ2) is 4.65. The van der Waals surface area contributed by atoms with Crippen molar-refractivity contribution in [2.24, 2.45) is 17.8 Å². The molecule has 2 saturated carbocycles. The van der Waals surface area contributed by atoms with E-state index in [1.807, 2.05) is 0 Å². The third-order valence-electron chi connectivity index (χ3n) is 4.28. The molecular formula is C13H25N. The number of nitrogens with one attached hydrogen (secondary N) is 1. The van der Waals surface area contributed by atoms with Gasteiger partial charge in [-0.15, -0.1) is 0 Å². The Morgan fingerprint density at radius 2 is 1.79 bits per heavy atom. The Morgan fingerprint density at radius 3 is 2.29 bits per heavy atom. The molecule has 2 aliphatic rings. The summed E-state index contributed by atoms with van der Waals surface area (Å²) in [5.41, 5.74) is 0. The zero-order chi connectivity index (χ0) is 9.97. The number of fused-ring (bicyclic) bond motifs is 1. The first-order valence-electron chi connectivity index (χ1n) is 6.61. The van der Waals surface area contributed by atoms with Gasteiger partial charge in [0.25, 0.3) is 0 Å². The Morgan fingerprint density at radius 1 is 1.14 bits per heavy atom. The quantitative estimate of drug-likeness (QED) is 0.710. The largest absolute Gasteiger partial charge is 0.314 e. The number of hydrogen-bond donors (Lipinski definition) is 1. The highest BCUT2D eigenvalue weighted by Gasteiger charge is 2.53. The maximum atomic E-state index is 3.74. The normalized spacial score (nSPS) is 37.7. The molecule has 0 aromatic carbocycles. The molecule has 0 bridgehead atoms. The van der Waals surface area contributed by atoms with E-state index in [0.29, 0.717) is 0 Å². The molecule has 2 rings (SSSR count). The van der Waals surface area contributed by atoms with Crippen LogP contribution in [0, 0.1) is 17.8 Å². The molecule has 0 spiro atoms. The molecule has 3 atom stereocenters. The molecule has 0 aromatic rings. The van der Waals surface area contributed by atoms with Crippen LogP contribution in [0.4, 0.5) is 0 Å². The van der Waals surface area contributed by atoms with Crippen LogP contribution in [-0.4, -0.2) is 12.6 Å². The summed E-state index contributed by atoms with van der Waals surface area (Å²) in [5, 5.41) is 3.74. The van der Waals surface area contributed by atoms with E-state index in [1.54, 1.807) is 0 Å². The fraction of sp³-hybridized carbons (Fsp3) is 1.00. The molecule has 1 heteroatoms. The summed E-state index contributed by atoms with van der Waals surface area (Å²) in [6.45, 7) is 5.83. The lowest BCUT2D eigenvalue weighted by Crippen LogP contribution is -2.32. The van der Waals surface area contributed by atoms with E-state index in [0.717, 1.165) is 23.8 Å². The van der Waals surface area contributed by atoms with Gasteiger partial charge < -0.3 is 5.32 Å². The van der Waals surface area contributed by atoms with E-state index in [9.17, 15) is 0 Å². The summed E-state index contributed by atoms with van der Waals surface area (Å²) in [6, 6.07) is 0.836. The van der Waals surface area contributed by atoms with Crippen molar-refractivity contribution >= 4 is 0 Å². The van der Waals surface area contributed by atoms with Crippen LogP contribution < -0.4 is 5.32 Å². The van der Waals surface area contributed by atoms with Crippen LogP contribution in [0.1, 0.15) is 52.4 Å². The highest BCUT2D eigenvalue weighted by Crippen LogP contribution is 2.57. The molecule has 14 heavy (non-hydrogen) atoms. The van der Waals surface area contributed by atoms with Gasteiger partial charge in [0, 0.05) is 6.04 Å². The minimum Gasteiger partial charge on any atom is -0.314 e. The lowest BCUT2D eigenvalue weighted by atomic mass is 10.0. The van der Waals surface area contributed by atoms with Gasteiger partial charge in [-0.3, -0.25) is 0 Å². The van der Waals surface area contributed by atoms with Gasteiger partial charge >= 0.3 is 0 Å². The van der Waals surface area contributed by atoms with E-state index in [4.69, 9.17) is 0 Å². The van der Waals surface area contributed by atoms with Crippen molar-refractivity contribution in [1.29, 1.82) is 0 Å². The summed E-state index contributed by atoms with van der Waals surface area (Å²) in [7, 11) is 0. The Balaban J connectivity index is 1.81. The highest BCUT2D eigenvalue weighted by molar-refractivity contribution is 5.04. The standard InChI is InChI=1S/C13H25N/c1-3-9-14-12(4-2)13-10-7-5-6-8-11(10)13/h10-14H,3-9H2,1-2H3. The van der Waals surface area contributed by atoms with Gasteiger partial charge in [-0.1, -0.05) is 26.7 Å². The molecule has 1 nitrogen and oxygen atoms in total. The Kier molecular flexibility index (Phi) is 3.48. The van der Waals surface area contributed by atoms with Crippen molar-refractivity contribution in [3.8, 4) is 0 Å². The van der Waals surface area contributed by atoms with E-state index in [1.165, 1.54) is 45.1 Å². The molecule has 0 heterocycles. The lowest BCUT2D eigenvalue weighted by Gasteiger charge is -2.16.